The maximum atomic E-state index is 11.9. The van der Waals surface area contributed by atoms with Gasteiger partial charge < -0.3 is 15.7 Å². The Balaban J connectivity index is 2.81. The van der Waals surface area contributed by atoms with Gasteiger partial charge in [0.1, 0.15) is 6.04 Å². The predicted molar refractivity (Wildman–Crippen MR) is 81.9 cm³/mol. The first kappa shape index (κ1) is 16.5. The van der Waals surface area contributed by atoms with Gasteiger partial charge in [-0.3, -0.25) is 0 Å². The van der Waals surface area contributed by atoms with Crippen LogP contribution in [0.15, 0.2) is 22.7 Å². The van der Waals surface area contributed by atoms with Crippen molar-refractivity contribution in [3.05, 3.63) is 28.2 Å². The maximum absolute atomic E-state index is 11.9. The summed E-state index contributed by atoms with van der Waals surface area (Å²) in [5, 5.41) is 14.3. The van der Waals surface area contributed by atoms with E-state index >= 15 is 0 Å². The highest BCUT2D eigenvalue weighted by Gasteiger charge is 2.32. The van der Waals surface area contributed by atoms with Crippen molar-refractivity contribution in [1.82, 2.24) is 5.32 Å². The van der Waals surface area contributed by atoms with Gasteiger partial charge in [0.2, 0.25) is 0 Å². The molecule has 1 aromatic carbocycles. The number of halogens is 1. The maximum Gasteiger partial charge on any atom is 0.326 e. The van der Waals surface area contributed by atoms with Crippen LogP contribution in [-0.4, -0.2) is 23.1 Å². The second kappa shape index (κ2) is 6.26. The number of rotatable bonds is 3. The summed E-state index contributed by atoms with van der Waals surface area (Å²) >= 11 is 3.33. The third kappa shape index (κ3) is 4.52. The number of urea groups is 1. The van der Waals surface area contributed by atoms with E-state index in [1.807, 2.05) is 19.1 Å². The molecule has 110 valence electrons. The van der Waals surface area contributed by atoms with E-state index in [2.05, 4.69) is 26.6 Å². The van der Waals surface area contributed by atoms with E-state index in [0.717, 1.165) is 10.0 Å². The smallest absolute Gasteiger partial charge is 0.326 e. The number of aryl methyl sites for hydroxylation is 1. The van der Waals surface area contributed by atoms with Gasteiger partial charge in [-0.25, -0.2) is 9.59 Å². The molecule has 0 aliphatic carbocycles. The fourth-order valence-electron chi connectivity index (χ4n) is 1.67. The summed E-state index contributed by atoms with van der Waals surface area (Å²) in [6.07, 6.45) is 0. The Morgan fingerprint density at radius 3 is 2.40 bits per heavy atom. The van der Waals surface area contributed by atoms with E-state index in [-0.39, 0.29) is 0 Å². The zero-order valence-electron chi connectivity index (χ0n) is 12.0. The Hall–Kier alpha value is -1.56. The molecule has 0 aromatic heterocycles. The molecule has 0 aliphatic heterocycles. The number of anilines is 1. The molecule has 3 N–H and O–H groups in total. The molecule has 0 fully saturated rings. The lowest BCUT2D eigenvalue weighted by molar-refractivity contribution is -0.141. The van der Waals surface area contributed by atoms with Gasteiger partial charge in [0.15, 0.2) is 0 Å². The van der Waals surface area contributed by atoms with Gasteiger partial charge in [-0.15, -0.1) is 0 Å². The summed E-state index contributed by atoms with van der Waals surface area (Å²) in [4.78, 5) is 23.1. The van der Waals surface area contributed by atoms with Gasteiger partial charge in [-0.05, 0) is 30.0 Å². The first-order valence-electron chi connectivity index (χ1n) is 6.17. The van der Waals surface area contributed by atoms with E-state index in [1.54, 1.807) is 26.8 Å². The van der Waals surface area contributed by atoms with E-state index in [9.17, 15) is 14.7 Å². The van der Waals surface area contributed by atoms with Crippen LogP contribution in [0.5, 0.6) is 0 Å². The topological polar surface area (TPSA) is 78.4 Å². The fourth-order valence-corrected chi connectivity index (χ4v) is 2.03. The highest BCUT2D eigenvalue weighted by Crippen LogP contribution is 2.22. The number of amides is 2. The van der Waals surface area contributed by atoms with Crippen LogP contribution >= 0.6 is 15.9 Å². The summed E-state index contributed by atoms with van der Waals surface area (Å²) in [6, 6.07) is 4.00. The van der Waals surface area contributed by atoms with Crippen LogP contribution in [-0.2, 0) is 4.79 Å². The molecule has 0 spiro atoms. The lowest BCUT2D eigenvalue weighted by Crippen LogP contribution is -2.50. The highest BCUT2D eigenvalue weighted by atomic mass is 79.9. The SMILES string of the molecule is Cc1ccc(Br)cc1NC(=O)N[C@H](C(=O)O)C(C)(C)C. The van der Waals surface area contributed by atoms with Gasteiger partial charge >= 0.3 is 12.0 Å². The second-order valence-electron chi connectivity index (χ2n) is 5.69. The predicted octanol–water partition coefficient (Wildman–Crippen LogP) is 3.38. The minimum atomic E-state index is -1.06. The molecule has 0 heterocycles. The first-order valence-corrected chi connectivity index (χ1v) is 6.97. The van der Waals surface area contributed by atoms with Crippen LogP contribution in [0.3, 0.4) is 0 Å². The number of carboxylic acids is 1. The van der Waals surface area contributed by atoms with E-state index in [1.165, 1.54) is 0 Å². The summed E-state index contributed by atoms with van der Waals surface area (Å²) in [5.41, 5.74) is 0.955. The van der Waals surface area contributed by atoms with Crippen LogP contribution in [0.1, 0.15) is 26.3 Å². The molecule has 0 bridgehead atoms. The summed E-state index contributed by atoms with van der Waals surface area (Å²) < 4.78 is 0.837. The lowest BCUT2D eigenvalue weighted by Gasteiger charge is -2.27. The molecule has 5 nitrogen and oxygen atoms in total. The minimum absolute atomic E-state index is 0.534. The van der Waals surface area contributed by atoms with E-state index in [4.69, 9.17) is 0 Å². The van der Waals surface area contributed by atoms with Crippen LogP contribution in [0.4, 0.5) is 10.5 Å². The van der Waals surface area contributed by atoms with Crippen molar-refractivity contribution in [1.29, 1.82) is 0 Å². The number of benzene rings is 1. The van der Waals surface area contributed by atoms with E-state index in [0.29, 0.717) is 5.69 Å². The third-order valence-corrected chi connectivity index (χ3v) is 3.33. The van der Waals surface area contributed by atoms with Crippen molar-refractivity contribution in [2.24, 2.45) is 5.41 Å². The third-order valence-electron chi connectivity index (χ3n) is 2.84. The molecular formula is C14H19BrN2O3. The number of hydrogen-bond donors (Lipinski definition) is 3. The summed E-state index contributed by atoms with van der Waals surface area (Å²) in [7, 11) is 0. The molecule has 1 aromatic rings. The molecule has 0 unspecified atom stereocenters. The Kier molecular flexibility index (Phi) is 5.16. The Labute approximate surface area is 126 Å². The van der Waals surface area contributed by atoms with Crippen molar-refractivity contribution in [3.8, 4) is 0 Å². The Bertz CT molecular complexity index is 524. The molecule has 1 atom stereocenters. The summed E-state index contributed by atoms with van der Waals surface area (Å²) in [6.45, 7) is 7.14. The van der Waals surface area contributed by atoms with Crippen molar-refractivity contribution in [3.63, 3.8) is 0 Å². The van der Waals surface area contributed by atoms with Gasteiger partial charge in [0.25, 0.3) is 0 Å². The minimum Gasteiger partial charge on any atom is -0.480 e. The molecule has 0 radical (unpaired) electrons. The molecule has 0 aliphatic rings. The second-order valence-corrected chi connectivity index (χ2v) is 6.61. The first-order chi connectivity index (χ1) is 9.11. The van der Waals surface area contributed by atoms with Crippen molar-refractivity contribution >= 4 is 33.6 Å². The summed E-state index contributed by atoms with van der Waals surface area (Å²) in [5.74, 6) is -1.06. The number of aliphatic carboxylic acids is 1. The van der Waals surface area contributed by atoms with Crippen LogP contribution in [0.25, 0.3) is 0 Å². The molecule has 1 rings (SSSR count). The monoisotopic (exact) mass is 342 g/mol. The quantitative estimate of drug-likeness (QED) is 0.787. The van der Waals surface area contributed by atoms with Crippen molar-refractivity contribution < 1.29 is 14.7 Å². The largest absolute Gasteiger partial charge is 0.480 e. The molecule has 0 saturated heterocycles. The Morgan fingerprint density at radius 2 is 1.90 bits per heavy atom. The number of carboxylic acid groups (broad SMARTS) is 1. The number of nitrogens with one attached hydrogen (secondary N) is 2. The van der Waals surface area contributed by atoms with Gasteiger partial charge in [0, 0.05) is 10.2 Å². The van der Waals surface area contributed by atoms with Gasteiger partial charge in [-0.2, -0.15) is 0 Å². The van der Waals surface area contributed by atoms with Crippen molar-refractivity contribution in [2.45, 2.75) is 33.7 Å². The zero-order chi connectivity index (χ0) is 15.5. The fraction of sp³-hybridized carbons (Fsp3) is 0.429. The Morgan fingerprint density at radius 1 is 1.30 bits per heavy atom. The average molecular weight is 343 g/mol. The number of carbonyl (C=O) groups is 2. The zero-order valence-corrected chi connectivity index (χ0v) is 13.5. The van der Waals surface area contributed by atoms with Crippen LogP contribution < -0.4 is 10.6 Å². The van der Waals surface area contributed by atoms with E-state index < -0.39 is 23.5 Å². The molecule has 2 amide bonds. The van der Waals surface area contributed by atoms with Gasteiger partial charge in [-0.1, -0.05) is 42.8 Å². The highest BCUT2D eigenvalue weighted by molar-refractivity contribution is 9.10. The number of carbonyl (C=O) groups excluding carboxylic acids is 1. The van der Waals surface area contributed by atoms with Crippen molar-refractivity contribution in [2.75, 3.05) is 5.32 Å². The molecule has 20 heavy (non-hydrogen) atoms. The van der Waals surface area contributed by atoms with Crippen LogP contribution in [0, 0.1) is 12.3 Å². The normalized spacial score (nSPS) is 12.7. The van der Waals surface area contributed by atoms with Gasteiger partial charge in [0.05, 0.1) is 0 Å². The number of hydrogen-bond acceptors (Lipinski definition) is 2. The standard InChI is InChI=1S/C14H19BrN2O3/c1-8-5-6-9(15)7-10(8)16-13(20)17-11(12(18)19)14(2,3)4/h5-7,11H,1-4H3,(H,18,19)(H2,16,17,20)/t11-/m1/s1. The molecule has 0 saturated carbocycles. The molecular weight excluding hydrogens is 324 g/mol. The lowest BCUT2D eigenvalue weighted by atomic mass is 9.87. The van der Waals surface area contributed by atoms with Crippen LogP contribution in [0.2, 0.25) is 0 Å². The molecule has 6 heteroatoms. The average Bonchev–Trinajstić information content (AvgIpc) is 2.29.